The highest BCUT2D eigenvalue weighted by molar-refractivity contribution is 7.81. The van der Waals surface area contributed by atoms with Crippen molar-refractivity contribution in [2.45, 2.75) is 75.5 Å². The van der Waals surface area contributed by atoms with E-state index in [1.165, 1.54) is 7.11 Å². The van der Waals surface area contributed by atoms with Crippen LogP contribution in [0.3, 0.4) is 0 Å². The third kappa shape index (κ3) is 9.31. The first kappa shape index (κ1) is 33.0. The Morgan fingerprint density at radius 3 is 2.49 bits per heavy atom. The second-order valence-corrected chi connectivity index (χ2v) is 11.8. The highest BCUT2D eigenvalue weighted by Crippen LogP contribution is 2.37. The van der Waals surface area contributed by atoms with Gasteiger partial charge in [-0.3, -0.25) is 4.79 Å². The minimum Gasteiger partial charge on any atom is -0.493 e. The Morgan fingerprint density at radius 2 is 1.86 bits per heavy atom. The molecule has 2 saturated heterocycles. The monoisotopic (exact) mass is 628 g/mol. The highest BCUT2D eigenvalue weighted by atomic mass is 32.1. The number of carbonyl (C=O) groups excluding carboxylic acids is 1. The molecule has 0 N–H and O–H groups in total. The maximum absolute atomic E-state index is 14.1. The summed E-state index contributed by atoms with van der Waals surface area (Å²) >= 11 is 4.44. The highest BCUT2D eigenvalue weighted by Gasteiger charge is 2.35. The number of hydrogen-bond acceptors (Lipinski definition) is 5. The lowest BCUT2D eigenvalue weighted by atomic mass is 9.90. The van der Waals surface area contributed by atoms with E-state index in [4.69, 9.17) is 14.2 Å². The van der Waals surface area contributed by atoms with Gasteiger partial charge in [-0.15, -0.1) is 0 Å². The van der Waals surface area contributed by atoms with Crippen LogP contribution in [0.2, 0.25) is 0 Å². The summed E-state index contributed by atoms with van der Waals surface area (Å²) in [5, 5.41) is -0.703. The molecule has 0 radical (unpaired) electrons. The topological polar surface area (TPSA) is 60.4 Å². The Balaban J connectivity index is 1.31. The van der Waals surface area contributed by atoms with Gasteiger partial charge >= 0.3 is 6.18 Å². The molecule has 0 saturated carbocycles. The molecule has 2 aliphatic heterocycles. The van der Waals surface area contributed by atoms with Crippen molar-refractivity contribution in [1.29, 1.82) is 0 Å². The van der Waals surface area contributed by atoms with E-state index >= 15 is 0 Å². The molecule has 4 rings (SSSR count). The Morgan fingerprint density at radius 1 is 1.12 bits per heavy atom. The zero-order valence-electron chi connectivity index (χ0n) is 24.2. The number of amides is 1. The second kappa shape index (κ2) is 14.3. The predicted octanol–water partition coefficient (Wildman–Crippen LogP) is 7.08. The molecule has 2 unspecified atom stereocenters. The first-order valence-electron chi connectivity index (χ1n) is 14.3. The standard InChI is InChI=1S/C31H37F5N2O4S/c1-30(32,33)25-17-23(31(34,35)36)7-6-22(25)18-42-26-8-5-21(15-27(26)40-2)16-28(43)29(39)37-19-38-11-9-20(10-12-38)14-24-4-3-13-41-24/h5-8,15,17,19-20,24,28,43H,3-4,9-14,16,18H2,1-2H3/b37-19+. The van der Waals surface area contributed by atoms with E-state index in [0.29, 0.717) is 30.6 Å². The van der Waals surface area contributed by atoms with Crippen LogP contribution in [-0.2, 0) is 34.7 Å². The van der Waals surface area contributed by atoms with Crippen molar-refractivity contribution in [1.82, 2.24) is 4.90 Å². The molecular weight excluding hydrogens is 591 g/mol. The number of thiol groups is 1. The van der Waals surface area contributed by atoms with Gasteiger partial charge in [0, 0.05) is 32.2 Å². The SMILES string of the molecule is COc1cc(CC(S)C(=O)/N=C/N2CCC(CC3CCCO3)CC2)ccc1OCc1ccc(C(F)(F)F)cc1C(C)(F)F. The first-order chi connectivity index (χ1) is 20.3. The zero-order valence-corrected chi connectivity index (χ0v) is 25.1. The summed E-state index contributed by atoms with van der Waals surface area (Å²) in [5.74, 6) is -2.77. The van der Waals surface area contributed by atoms with Crippen molar-refractivity contribution in [3.8, 4) is 11.5 Å². The van der Waals surface area contributed by atoms with Crippen molar-refractivity contribution in [3.63, 3.8) is 0 Å². The minimum atomic E-state index is -4.75. The van der Waals surface area contributed by atoms with E-state index in [9.17, 15) is 26.7 Å². The molecule has 2 aromatic carbocycles. The third-order valence-electron chi connectivity index (χ3n) is 7.85. The summed E-state index contributed by atoms with van der Waals surface area (Å²) in [5.41, 5.74) is -1.31. The van der Waals surface area contributed by atoms with E-state index in [0.717, 1.165) is 63.9 Å². The van der Waals surface area contributed by atoms with Crippen LogP contribution in [0.1, 0.15) is 61.3 Å². The van der Waals surface area contributed by atoms with Gasteiger partial charge in [-0.05, 0) is 79.8 Å². The fourth-order valence-corrected chi connectivity index (χ4v) is 5.72. The molecule has 0 aliphatic carbocycles. The molecule has 2 fully saturated rings. The van der Waals surface area contributed by atoms with Gasteiger partial charge in [0.05, 0.1) is 30.4 Å². The van der Waals surface area contributed by atoms with Crippen LogP contribution in [0.4, 0.5) is 22.0 Å². The molecule has 0 spiro atoms. The van der Waals surface area contributed by atoms with Crippen LogP contribution in [0.25, 0.3) is 0 Å². The average Bonchev–Trinajstić information content (AvgIpc) is 3.47. The molecule has 2 atom stereocenters. The number of benzene rings is 2. The molecule has 1 amide bonds. The Hall–Kier alpha value is -2.86. The van der Waals surface area contributed by atoms with Crippen molar-refractivity contribution >= 4 is 24.9 Å². The second-order valence-electron chi connectivity index (χ2n) is 11.2. The Labute approximate surface area is 254 Å². The molecule has 2 heterocycles. The van der Waals surface area contributed by atoms with Crippen molar-refractivity contribution in [2.75, 3.05) is 26.8 Å². The van der Waals surface area contributed by atoms with Crippen molar-refractivity contribution < 1.29 is 41.0 Å². The first-order valence-corrected chi connectivity index (χ1v) is 14.8. The third-order valence-corrected chi connectivity index (χ3v) is 8.26. The number of aliphatic imine (C=N–C) groups is 1. The predicted molar refractivity (Wildman–Crippen MR) is 156 cm³/mol. The van der Waals surface area contributed by atoms with Gasteiger partial charge in [0.1, 0.15) is 6.61 Å². The van der Waals surface area contributed by atoms with E-state index in [1.807, 2.05) is 0 Å². The molecule has 2 aliphatic rings. The fourth-order valence-electron chi connectivity index (χ4n) is 5.44. The molecule has 12 heteroatoms. The summed E-state index contributed by atoms with van der Waals surface area (Å²) in [6, 6.07) is 7.05. The number of methoxy groups -OCH3 is 1. The quantitative estimate of drug-likeness (QED) is 0.125. The van der Waals surface area contributed by atoms with E-state index < -0.39 is 35.1 Å². The lowest BCUT2D eigenvalue weighted by molar-refractivity contribution is -0.137. The minimum absolute atomic E-state index is 0.0856. The van der Waals surface area contributed by atoms with Gasteiger partial charge in [0.25, 0.3) is 11.8 Å². The van der Waals surface area contributed by atoms with Crippen molar-refractivity contribution in [3.05, 3.63) is 58.7 Å². The lowest BCUT2D eigenvalue weighted by Gasteiger charge is -2.31. The number of halogens is 5. The van der Waals surface area contributed by atoms with Gasteiger partial charge in [-0.25, -0.2) is 13.8 Å². The zero-order chi connectivity index (χ0) is 31.2. The average molecular weight is 629 g/mol. The van der Waals surface area contributed by atoms with Crippen molar-refractivity contribution in [2.24, 2.45) is 10.9 Å². The summed E-state index contributed by atoms with van der Waals surface area (Å²) in [4.78, 5) is 18.8. The van der Waals surface area contributed by atoms with Crippen LogP contribution in [0.5, 0.6) is 11.5 Å². The van der Waals surface area contributed by atoms with E-state index in [1.54, 1.807) is 24.5 Å². The van der Waals surface area contributed by atoms with Gasteiger partial charge in [-0.2, -0.15) is 25.8 Å². The van der Waals surface area contributed by atoms with Crippen LogP contribution in [0.15, 0.2) is 41.4 Å². The van der Waals surface area contributed by atoms with Gasteiger partial charge in [0.15, 0.2) is 11.5 Å². The van der Waals surface area contributed by atoms with Crippen LogP contribution >= 0.6 is 12.6 Å². The summed E-state index contributed by atoms with van der Waals surface area (Å²) in [6.45, 7) is 2.68. The molecule has 2 aromatic rings. The number of rotatable bonds is 11. The van der Waals surface area contributed by atoms with Gasteiger partial charge < -0.3 is 19.1 Å². The maximum Gasteiger partial charge on any atom is 0.416 e. The summed E-state index contributed by atoms with van der Waals surface area (Å²) in [7, 11) is 1.40. The Bertz CT molecular complexity index is 1270. The van der Waals surface area contributed by atoms with Gasteiger partial charge in [0.2, 0.25) is 0 Å². The molecule has 0 aromatic heterocycles. The number of likely N-dealkylation sites (tertiary alicyclic amines) is 1. The van der Waals surface area contributed by atoms with Crippen LogP contribution < -0.4 is 9.47 Å². The van der Waals surface area contributed by atoms with Crippen LogP contribution in [-0.4, -0.2) is 55.3 Å². The number of ether oxygens (including phenoxy) is 3. The molecular formula is C31H37F5N2O4S. The molecule has 43 heavy (non-hydrogen) atoms. The molecule has 6 nitrogen and oxygen atoms in total. The Kier molecular flexibility index (Phi) is 11.0. The fraction of sp³-hybridized carbons (Fsp3) is 0.548. The van der Waals surface area contributed by atoms with Crippen LogP contribution in [0, 0.1) is 5.92 Å². The maximum atomic E-state index is 14.1. The van der Waals surface area contributed by atoms with E-state index in [2.05, 4.69) is 22.5 Å². The normalized spacial score (nSPS) is 19.2. The smallest absolute Gasteiger partial charge is 0.416 e. The van der Waals surface area contributed by atoms with E-state index in [-0.39, 0.29) is 29.4 Å². The largest absolute Gasteiger partial charge is 0.493 e. The number of alkyl halides is 5. The molecule has 236 valence electrons. The molecule has 0 bridgehead atoms. The lowest BCUT2D eigenvalue weighted by Crippen LogP contribution is -2.34. The number of piperidine rings is 1. The van der Waals surface area contributed by atoms with Gasteiger partial charge in [-0.1, -0.05) is 12.1 Å². The summed E-state index contributed by atoms with van der Waals surface area (Å²) < 4.78 is 84.3. The number of hydrogen-bond donors (Lipinski definition) is 1. The number of nitrogens with zero attached hydrogens (tertiary/aromatic N) is 2. The summed E-state index contributed by atoms with van der Waals surface area (Å²) in [6.07, 6.45) is 2.95. The number of carbonyl (C=O) groups is 1.